The SMILES string of the molecule is O=C(Sc1ccc(Cl)c(Cl)c1)c1ccccn1. The van der Waals surface area contributed by atoms with Crippen LogP contribution in [0.5, 0.6) is 0 Å². The van der Waals surface area contributed by atoms with Gasteiger partial charge >= 0.3 is 0 Å². The second-order valence-corrected chi connectivity index (χ2v) is 5.04. The first-order chi connectivity index (χ1) is 8.16. The molecule has 0 saturated heterocycles. The molecule has 0 bridgehead atoms. The first-order valence-corrected chi connectivity index (χ1v) is 6.32. The molecule has 0 saturated carbocycles. The van der Waals surface area contributed by atoms with Crippen molar-refractivity contribution >= 4 is 40.1 Å². The van der Waals surface area contributed by atoms with Gasteiger partial charge in [0.1, 0.15) is 5.69 Å². The minimum atomic E-state index is -0.121. The van der Waals surface area contributed by atoms with Crippen molar-refractivity contribution in [3.05, 3.63) is 58.3 Å². The van der Waals surface area contributed by atoms with Crippen LogP contribution >= 0.6 is 35.0 Å². The lowest BCUT2D eigenvalue weighted by molar-refractivity contribution is 0.108. The van der Waals surface area contributed by atoms with Gasteiger partial charge in [0.25, 0.3) is 0 Å². The van der Waals surface area contributed by atoms with Gasteiger partial charge in [0.2, 0.25) is 5.12 Å². The van der Waals surface area contributed by atoms with Gasteiger partial charge in [-0.3, -0.25) is 9.78 Å². The summed E-state index contributed by atoms with van der Waals surface area (Å²) in [6.07, 6.45) is 1.59. The minimum absolute atomic E-state index is 0.121. The summed E-state index contributed by atoms with van der Waals surface area (Å²) in [5, 5.41) is 0.788. The molecule has 5 heteroatoms. The number of carbonyl (C=O) groups excluding carboxylic acids is 1. The van der Waals surface area contributed by atoms with Gasteiger partial charge in [-0.25, -0.2) is 0 Å². The van der Waals surface area contributed by atoms with Gasteiger partial charge in [-0.1, -0.05) is 29.3 Å². The van der Waals surface area contributed by atoms with E-state index in [-0.39, 0.29) is 5.12 Å². The molecule has 1 aromatic carbocycles. The van der Waals surface area contributed by atoms with E-state index in [0.29, 0.717) is 15.7 Å². The predicted octanol–water partition coefficient (Wildman–Crippen LogP) is 4.32. The fourth-order valence-electron chi connectivity index (χ4n) is 1.18. The Bertz CT molecular complexity index is 545. The number of thioether (sulfide) groups is 1. The summed E-state index contributed by atoms with van der Waals surface area (Å²) in [6.45, 7) is 0. The molecule has 1 heterocycles. The minimum Gasteiger partial charge on any atom is -0.279 e. The quantitative estimate of drug-likeness (QED) is 0.769. The Balaban J connectivity index is 2.16. The van der Waals surface area contributed by atoms with E-state index in [9.17, 15) is 4.79 Å². The molecule has 0 spiro atoms. The normalized spacial score (nSPS) is 10.2. The molecular weight excluding hydrogens is 277 g/mol. The van der Waals surface area contributed by atoms with E-state index in [4.69, 9.17) is 23.2 Å². The number of hydrogen-bond acceptors (Lipinski definition) is 3. The molecule has 0 fully saturated rings. The number of carbonyl (C=O) groups is 1. The maximum absolute atomic E-state index is 11.8. The van der Waals surface area contributed by atoms with Crippen LogP contribution in [0.3, 0.4) is 0 Å². The van der Waals surface area contributed by atoms with Crippen molar-refractivity contribution < 1.29 is 4.79 Å². The highest BCUT2D eigenvalue weighted by atomic mass is 35.5. The Hall–Kier alpha value is -1.03. The molecule has 2 aromatic rings. The van der Waals surface area contributed by atoms with Gasteiger partial charge in [0.05, 0.1) is 10.0 Å². The number of benzene rings is 1. The molecule has 0 radical (unpaired) electrons. The van der Waals surface area contributed by atoms with E-state index >= 15 is 0 Å². The second kappa shape index (κ2) is 5.54. The fourth-order valence-corrected chi connectivity index (χ4v) is 2.30. The van der Waals surface area contributed by atoms with Crippen LogP contribution < -0.4 is 0 Å². The number of halogens is 2. The van der Waals surface area contributed by atoms with E-state index < -0.39 is 0 Å². The van der Waals surface area contributed by atoms with Crippen molar-refractivity contribution in [2.75, 3.05) is 0 Å². The van der Waals surface area contributed by atoms with E-state index in [1.165, 1.54) is 0 Å². The average Bonchev–Trinajstić information content (AvgIpc) is 2.35. The lowest BCUT2D eigenvalue weighted by Gasteiger charge is -2.01. The number of hydrogen-bond donors (Lipinski definition) is 0. The zero-order valence-electron chi connectivity index (χ0n) is 8.56. The molecule has 1 aromatic heterocycles. The molecule has 0 aliphatic rings. The van der Waals surface area contributed by atoms with Gasteiger partial charge in [0, 0.05) is 11.1 Å². The molecular formula is C12H7Cl2NOS. The molecule has 2 rings (SSSR count). The van der Waals surface area contributed by atoms with Gasteiger partial charge in [-0.15, -0.1) is 0 Å². The summed E-state index contributed by atoms with van der Waals surface area (Å²) in [4.78, 5) is 16.6. The molecule has 0 atom stereocenters. The van der Waals surface area contributed by atoms with Gasteiger partial charge in [0.15, 0.2) is 0 Å². The summed E-state index contributed by atoms with van der Waals surface area (Å²) in [7, 11) is 0. The third-order valence-electron chi connectivity index (χ3n) is 1.98. The zero-order valence-corrected chi connectivity index (χ0v) is 10.9. The van der Waals surface area contributed by atoms with Crippen LogP contribution in [0.15, 0.2) is 47.5 Å². The third-order valence-corrected chi connectivity index (χ3v) is 3.60. The van der Waals surface area contributed by atoms with E-state index in [0.717, 1.165) is 16.7 Å². The first kappa shape index (κ1) is 12.4. The Kier molecular flexibility index (Phi) is 4.05. The van der Waals surface area contributed by atoms with Gasteiger partial charge in [-0.2, -0.15) is 0 Å². The zero-order chi connectivity index (χ0) is 12.3. The molecule has 0 N–H and O–H groups in total. The predicted molar refractivity (Wildman–Crippen MR) is 70.9 cm³/mol. The van der Waals surface area contributed by atoms with Gasteiger partial charge < -0.3 is 0 Å². The average molecular weight is 284 g/mol. The monoisotopic (exact) mass is 283 g/mol. The Labute approximate surface area is 113 Å². The van der Waals surface area contributed by atoms with E-state index in [2.05, 4.69) is 4.98 Å². The summed E-state index contributed by atoms with van der Waals surface area (Å²) < 4.78 is 0. The van der Waals surface area contributed by atoms with Crippen molar-refractivity contribution in [2.24, 2.45) is 0 Å². The molecule has 0 amide bonds. The maximum atomic E-state index is 11.8. The number of pyridine rings is 1. The van der Waals surface area contributed by atoms with Crippen molar-refractivity contribution in [1.82, 2.24) is 4.98 Å². The van der Waals surface area contributed by atoms with Crippen LogP contribution in [0.25, 0.3) is 0 Å². The van der Waals surface area contributed by atoms with Crippen molar-refractivity contribution in [3.63, 3.8) is 0 Å². The molecule has 0 unspecified atom stereocenters. The maximum Gasteiger partial charge on any atom is 0.242 e. The van der Waals surface area contributed by atoms with E-state index in [1.807, 2.05) is 0 Å². The third kappa shape index (κ3) is 3.22. The van der Waals surface area contributed by atoms with Crippen molar-refractivity contribution in [1.29, 1.82) is 0 Å². The fraction of sp³-hybridized carbons (Fsp3) is 0. The van der Waals surface area contributed by atoms with Crippen LogP contribution in [-0.2, 0) is 0 Å². The Morgan fingerprint density at radius 1 is 1.12 bits per heavy atom. The summed E-state index contributed by atoms with van der Waals surface area (Å²) in [6, 6.07) is 10.3. The summed E-state index contributed by atoms with van der Waals surface area (Å²) in [5.41, 5.74) is 0.420. The lowest BCUT2D eigenvalue weighted by atomic mass is 10.4. The Morgan fingerprint density at radius 2 is 1.94 bits per heavy atom. The van der Waals surface area contributed by atoms with Crippen LogP contribution in [0.1, 0.15) is 10.5 Å². The van der Waals surface area contributed by atoms with Crippen LogP contribution in [0, 0.1) is 0 Å². The molecule has 2 nitrogen and oxygen atoms in total. The topological polar surface area (TPSA) is 30.0 Å². The summed E-state index contributed by atoms with van der Waals surface area (Å²) in [5.74, 6) is 0. The standard InChI is InChI=1S/C12H7Cl2NOS/c13-9-5-4-8(7-10(9)14)17-12(16)11-3-1-2-6-15-11/h1-7H. The van der Waals surface area contributed by atoms with Crippen LogP contribution in [-0.4, -0.2) is 10.1 Å². The Morgan fingerprint density at radius 3 is 2.59 bits per heavy atom. The van der Waals surface area contributed by atoms with Crippen LogP contribution in [0.2, 0.25) is 10.0 Å². The lowest BCUT2D eigenvalue weighted by Crippen LogP contribution is -1.95. The van der Waals surface area contributed by atoms with Gasteiger partial charge in [-0.05, 0) is 42.1 Å². The smallest absolute Gasteiger partial charge is 0.242 e. The highest BCUT2D eigenvalue weighted by Crippen LogP contribution is 2.29. The number of rotatable bonds is 2. The largest absolute Gasteiger partial charge is 0.279 e. The van der Waals surface area contributed by atoms with E-state index in [1.54, 1.807) is 42.6 Å². The molecule has 0 aliphatic heterocycles. The molecule has 17 heavy (non-hydrogen) atoms. The summed E-state index contributed by atoms with van der Waals surface area (Å²) >= 11 is 12.7. The highest BCUT2D eigenvalue weighted by molar-refractivity contribution is 8.14. The number of nitrogens with zero attached hydrogens (tertiary/aromatic N) is 1. The second-order valence-electron chi connectivity index (χ2n) is 3.18. The molecule has 0 aliphatic carbocycles. The highest BCUT2D eigenvalue weighted by Gasteiger charge is 2.09. The van der Waals surface area contributed by atoms with Crippen LogP contribution in [0.4, 0.5) is 0 Å². The molecule has 86 valence electrons. The number of aromatic nitrogens is 1. The van der Waals surface area contributed by atoms with Crippen molar-refractivity contribution in [2.45, 2.75) is 4.90 Å². The van der Waals surface area contributed by atoms with Crippen molar-refractivity contribution in [3.8, 4) is 0 Å². The first-order valence-electron chi connectivity index (χ1n) is 4.75.